The molecule has 0 radical (unpaired) electrons. The van der Waals surface area contributed by atoms with E-state index < -0.39 is 11.9 Å². The minimum atomic E-state index is -0.435. The van der Waals surface area contributed by atoms with E-state index in [0.29, 0.717) is 44.0 Å². The number of amides is 2. The standard InChI is InChI=1S/C33H43FN6O4/c1-22(2)44-33(42)38-25-12-7-8-14-27(25)40-21-37-30(31(40)23-10-5-4-6-11-23)32(41)39-19-18-35-20-24(39)16-17-36-26-13-9-15-28(43-3)29(26)34/h4-6,9-11,13,15,21-22,24-25,27,35-36H,7-8,12,14,16-20H2,1-3H3,(H,38,42)/t24-,25+,27+/m1/s1. The molecule has 2 amide bonds. The molecule has 0 unspecified atom stereocenters. The van der Waals surface area contributed by atoms with Gasteiger partial charge in [0.15, 0.2) is 17.3 Å². The number of benzene rings is 2. The molecule has 1 saturated carbocycles. The van der Waals surface area contributed by atoms with Crippen LogP contribution in [0, 0.1) is 5.82 Å². The van der Waals surface area contributed by atoms with E-state index in [2.05, 4.69) is 20.5 Å². The van der Waals surface area contributed by atoms with Crippen molar-refractivity contribution in [2.45, 2.75) is 70.2 Å². The Labute approximate surface area is 258 Å². The normalized spacial score (nSPS) is 20.3. The van der Waals surface area contributed by atoms with Crippen LogP contribution < -0.4 is 20.7 Å². The molecule has 0 bridgehead atoms. The smallest absolute Gasteiger partial charge is 0.407 e. The number of imidazole rings is 1. The van der Waals surface area contributed by atoms with E-state index in [-0.39, 0.29) is 35.9 Å². The van der Waals surface area contributed by atoms with Crippen LogP contribution in [0.1, 0.15) is 62.5 Å². The molecule has 11 heteroatoms. The molecule has 44 heavy (non-hydrogen) atoms. The zero-order valence-corrected chi connectivity index (χ0v) is 25.7. The monoisotopic (exact) mass is 606 g/mol. The van der Waals surface area contributed by atoms with Gasteiger partial charge in [0.1, 0.15) is 0 Å². The average Bonchev–Trinajstić information content (AvgIpc) is 3.47. The van der Waals surface area contributed by atoms with Crippen LogP contribution in [0.5, 0.6) is 5.75 Å². The Bertz CT molecular complexity index is 1410. The van der Waals surface area contributed by atoms with Crippen molar-refractivity contribution in [3.63, 3.8) is 0 Å². The Balaban J connectivity index is 1.39. The molecule has 1 aromatic heterocycles. The molecule has 2 fully saturated rings. The molecule has 2 aromatic carbocycles. The van der Waals surface area contributed by atoms with Crippen LogP contribution in [0.15, 0.2) is 54.9 Å². The first kappa shape index (κ1) is 31.3. The van der Waals surface area contributed by atoms with Gasteiger partial charge in [0.05, 0.1) is 43.0 Å². The molecule has 0 spiro atoms. The maximum Gasteiger partial charge on any atom is 0.407 e. The van der Waals surface area contributed by atoms with E-state index in [4.69, 9.17) is 14.5 Å². The van der Waals surface area contributed by atoms with Crippen molar-refractivity contribution in [3.05, 3.63) is 66.4 Å². The van der Waals surface area contributed by atoms with Gasteiger partial charge < -0.3 is 34.9 Å². The van der Waals surface area contributed by atoms with Crippen molar-refractivity contribution < 1.29 is 23.5 Å². The summed E-state index contributed by atoms with van der Waals surface area (Å²) in [6.07, 6.45) is 5.39. The van der Waals surface area contributed by atoms with Gasteiger partial charge in [-0.05, 0) is 45.2 Å². The van der Waals surface area contributed by atoms with E-state index >= 15 is 0 Å². The number of ether oxygens (including phenoxy) is 2. The molecule has 5 rings (SSSR count). The summed E-state index contributed by atoms with van der Waals surface area (Å²) in [7, 11) is 1.44. The van der Waals surface area contributed by atoms with Gasteiger partial charge >= 0.3 is 6.09 Å². The second-order valence-electron chi connectivity index (χ2n) is 11.7. The van der Waals surface area contributed by atoms with Gasteiger partial charge in [-0.3, -0.25) is 4.79 Å². The molecule has 3 aromatic rings. The SMILES string of the molecule is COc1cccc(NCC[C@@H]2CNCCN2C(=O)c2ncn([C@H]3CCCC[C@@H]3NC(=O)OC(C)C)c2-c2ccccc2)c1F. The molecule has 2 heterocycles. The molecular formula is C33H43FN6O4. The van der Waals surface area contributed by atoms with Crippen LogP contribution >= 0.6 is 0 Å². The highest BCUT2D eigenvalue weighted by molar-refractivity contribution is 5.98. The maximum atomic E-state index is 14.7. The van der Waals surface area contributed by atoms with Crippen LogP contribution in [0.25, 0.3) is 11.3 Å². The number of piperazine rings is 1. The Morgan fingerprint density at radius 1 is 1.11 bits per heavy atom. The van der Waals surface area contributed by atoms with Gasteiger partial charge in [0.2, 0.25) is 0 Å². The number of hydrogen-bond acceptors (Lipinski definition) is 7. The van der Waals surface area contributed by atoms with E-state index in [1.807, 2.05) is 49.1 Å². The summed E-state index contributed by atoms with van der Waals surface area (Å²) in [4.78, 5) is 33.5. The zero-order valence-electron chi connectivity index (χ0n) is 25.7. The minimum Gasteiger partial charge on any atom is -0.494 e. The van der Waals surface area contributed by atoms with Crippen LogP contribution in [-0.2, 0) is 4.74 Å². The fourth-order valence-corrected chi connectivity index (χ4v) is 6.26. The number of alkyl carbamates (subject to hydrolysis) is 1. The summed E-state index contributed by atoms with van der Waals surface area (Å²) >= 11 is 0. The topological polar surface area (TPSA) is 110 Å². The highest BCUT2D eigenvalue weighted by Gasteiger charge is 2.35. The molecule has 2 aliphatic rings. The van der Waals surface area contributed by atoms with Crippen molar-refractivity contribution in [2.75, 3.05) is 38.6 Å². The molecule has 1 saturated heterocycles. The van der Waals surface area contributed by atoms with Crippen LogP contribution in [0.2, 0.25) is 0 Å². The van der Waals surface area contributed by atoms with E-state index in [1.165, 1.54) is 7.11 Å². The average molecular weight is 607 g/mol. The predicted octanol–water partition coefficient (Wildman–Crippen LogP) is 5.23. The summed E-state index contributed by atoms with van der Waals surface area (Å²) in [5.41, 5.74) is 2.40. The van der Waals surface area contributed by atoms with Crippen molar-refractivity contribution in [1.29, 1.82) is 0 Å². The number of nitrogens with zero attached hydrogens (tertiary/aromatic N) is 3. The van der Waals surface area contributed by atoms with Crippen LogP contribution in [-0.4, -0.2) is 77.9 Å². The highest BCUT2D eigenvalue weighted by atomic mass is 19.1. The lowest BCUT2D eigenvalue weighted by atomic mass is 9.89. The van der Waals surface area contributed by atoms with Crippen LogP contribution in [0.4, 0.5) is 14.9 Å². The summed E-state index contributed by atoms with van der Waals surface area (Å²) in [5, 5.41) is 9.64. The number of carbonyl (C=O) groups is 2. The third kappa shape index (κ3) is 7.15. The number of nitrogens with one attached hydrogen (secondary N) is 3. The molecule has 10 nitrogen and oxygen atoms in total. The maximum absolute atomic E-state index is 14.7. The second kappa shape index (κ2) is 14.6. The van der Waals surface area contributed by atoms with Gasteiger partial charge in [-0.1, -0.05) is 49.2 Å². The fourth-order valence-electron chi connectivity index (χ4n) is 6.26. The Hall–Kier alpha value is -4.12. The highest BCUT2D eigenvalue weighted by Crippen LogP contribution is 2.35. The number of anilines is 1. The third-order valence-electron chi connectivity index (χ3n) is 8.36. The van der Waals surface area contributed by atoms with Gasteiger partial charge in [-0.2, -0.15) is 0 Å². The summed E-state index contributed by atoms with van der Waals surface area (Å²) in [6, 6.07) is 14.5. The van der Waals surface area contributed by atoms with Crippen molar-refractivity contribution in [2.24, 2.45) is 0 Å². The lowest BCUT2D eigenvalue weighted by molar-refractivity contribution is 0.0624. The fraction of sp³-hybridized carbons (Fsp3) is 0.485. The quantitative estimate of drug-likeness (QED) is 0.290. The van der Waals surface area contributed by atoms with Crippen molar-refractivity contribution >= 4 is 17.7 Å². The molecular weight excluding hydrogens is 563 g/mol. The van der Waals surface area contributed by atoms with Gasteiger partial charge in [0, 0.05) is 37.8 Å². The predicted molar refractivity (Wildman–Crippen MR) is 167 cm³/mol. The van der Waals surface area contributed by atoms with E-state index in [1.54, 1.807) is 24.5 Å². The largest absolute Gasteiger partial charge is 0.494 e. The summed E-state index contributed by atoms with van der Waals surface area (Å²) in [6.45, 7) is 5.97. The van der Waals surface area contributed by atoms with Gasteiger partial charge in [0.25, 0.3) is 5.91 Å². The summed E-state index contributed by atoms with van der Waals surface area (Å²) < 4.78 is 27.2. The minimum absolute atomic E-state index is 0.0755. The van der Waals surface area contributed by atoms with Crippen molar-refractivity contribution in [3.8, 4) is 17.0 Å². The van der Waals surface area contributed by atoms with Gasteiger partial charge in [-0.25, -0.2) is 14.2 Å². The molecule has 1 aliphatic carbocycles. The summed E-state index contributed by atoms with van der Waals surface area (Å²) in [5.74, 6) is -0.390. The Morgan fingerprint density at radius 3 is 2.68 bits per heavy atom. The molecule has 3 N–H and O–H groups in total. The lowest BCUT2D eigenvalue weighted by Gasteiger charge is -2.36. The molecule has 236 valence electrons. The van der Waals surface area contributed by atoms with Gasteiger partial charge in [-0.15, -0.1) is 0 Å². The zero-order chi connectivity index (χ0) is 31.1. The number of hydrogen-bond donors (Lipinski definition) is 3. The Morgan fingerprint density at radius 2 is 1.91 bits per heavy atom. The first-order valence-electron chi connectivity index (χ1n) is 15.5. The third-order valence-corrected chi connectivity index (χ3v) is 8.36. The van der Waals surface area contributed by atoms with Crippen molar-refractivity contribution in [1.82, 2.24) is 25.1 Å². The Kier molecular flexibility index (Phi) is 10.4. The van der Waals surface area contributed by atoms with E-state index in [9.17, 15) is 14.0 Å². The molecule has 3 atom stereocenters. The number of halogens is 1. The number of methoxy groups -OCH3 is 1. The number of carbonyl (C=O) groups excluding carboxylic acids is 2. The first-order valence-corrected chi connectivity index (χ1v) is 15.5. The molecule has 1 aliphatic heterocycles. The first-order chi connectivity index (χ1) is 21.4. The second-order valence-corrected chi connectivity index (χ2v) is 11.7. The number of rotatable bonds is 10. The number of aromatic nitrogens is 2. The lowest BCUT2D eigenvalue weighted by Crippen LogP contribution is -2.54. The van der Waals surface area contributed by atoms with E-state index in [0.717, 1.165) is 36.9 Å². The van der Waals surface area contributed by atoms with Crippen LogP contribution in [0.3, 0.4) is 0 Å².